The van der Waals surface area contributed by atoms with Crippen LogP contribution in [0.25, 0.3) is 6.08 Å². The second-order valence-electron chi connectivity index (χ2n) is 4.50. The first-order valence-corrected chi connectivity index (χ1v) is 7.04. The number of carbonyl (C=O) groups excluding carboxylic acids is 1. The molecule has 22 heavy (non-hydrogen) atoms. The van der Waals surface area contributed by atoms with Gasteiger partial charge in [-0.3, -0.25) is 9.78 Å². The highest BCUT2D eigenvalue weighted by atomic mass is 16.1. The zero-order chi connectivity index (χ0) is 15.5. The fraction of sp³-hybridized carbons (Fsp3) is 0. The number of ketones is 1. The van der Waals surface area contributed by atoms with E-state index in [1.54, 1.807) is 36.7 Å². The van der Waals surface area contributed by atoms with Gasteiger partial charge >= 0.3 is 0 Å². The van der Waals surface area contributed by atoms with Crippen molar-refractivity contribution in [1.29, 1.82) is 0 Å². The first kappa shape index (κ1) is 15.4. The maximum absolute atomic E-state index is 11.8. The Labute approximate surface area is 130 Å². The third kappa shape index (κ3) is 5.55. The van der Waals surface area contributed by atoms with Gasteiger partial charge < -0.3 is 0 Å². The summed E-state index contributed by atoms with van der Waals surface area (Å²) in [6.45, 7) is 0. The molecule has 0 aliphatic heterocycles. The van der Waals surface area contributed by atoms with Gasteiger partial charge in [-0.15, -0.1) is 0 Å². The molecule has 1 heterocycles. The number of rotatable bonds is 6. The highest BCUT2D eigenvalue weighted by Crippen LogP contribution is 2.01. The number of benzene rings is 1. The Balaban J connectivity index is 1.78. The molecule has 0 atom stereocenters. The lowest BCUT2D eigenvalue weighted by Crippen LogP contribution is -1.93. The second kappa shape index (κ2) is 9.03. The summed E-state index contributed by atoms with van der Waals surface area (Å²) in [7, 11) is 0. The quantitative estimate of drug-likeness (QED) is 0.440. The molecule has 0 spiro atoms. The van der Waals surface area contributed by atoms with Crippen molar-refractivity contribution in [1.82, 2.24) is 4.98 Å². The van der Waals surface area contributed by atoms with Crippen LogP contribution in [0.4, 0.5) is 0 Å². The van der Waals surface area contributed by atoms with Gasteiger partial charge in [-0.2, -0.15) is 0 Å². The van der Waals surface area contributed by atoms with Gasteiger partial charge in [0.25, 0.3) is 0 Å². The van der Waals surface area contributed by atoms with E-state index in [0.717, 1.165) is 0 Å². The molecule has 0 saturated heterocycles. The van der Waals surface area contributed by atoms with Crippen molar-refractivity contribution in [3.8, 4) is 0 Å². The van der Waals surface area contributed by atoms with E-state index in [4.69, 9.17) is 0 Å². The minimum absolute atomic E-state index is 0.0278. The summed E-state index contributed by atoms with van der Waals surface area (Å²) in [5, 5.41) is 0. The van der Waals surface area contributed by atoms with Crippen LogP contribution < -0.4 is 0 Å². The van der Waals surface area contributed by atoms with Crippen LogP contribution >= 0.6 is 0 Å². The highest BCUT2D eigenvalue weighted by Gasteiger charge is 1.97. The van der Waals surface area contributed by atoms with Gasteiger partial charge in [0.2, 0.25) is 0 Å². The molecule has 0 bridgehead atoms. The number of hydrogen-bond acceptors (Lipinski definition) is 2. The molecule has 0 aliphatic rings. The molecule has 108 valence electrons. The van der Waals surface area contributed by atoms with Crippen molar-refractivity contribution in [2.24, 2.45) is 0 Å². The van der Waals surface area contributed by atoms with Gasteiger partial charge in [0.15, 0.2) is 5.78 Å². The molecule has 0 aliphatic carbocycles. The van der Waals surface area contributed by atoms with E-state index in [0.29, 0.717) is 5.56 Å². The third-order valence-corrected chi connectivity index (χ3v) is 2.86. The number of allylic oxidation sites excluding steroid dienone is 7. The van der Waals surface area contributed by atoms with Crippen LogP contribution in [-0.4, -0.2) is 10.8 Å². The Hall–Kier alpha value is -3.00. The van der Waals surface area contributed by atoms with E-state index in [1.165, 1.54) is 5.56 Å². The Morgan fingerprint density at radius 1 is 0.773 bits per heavy atom. The average molecular weight is 287 g/mol. The van der Waals surface area contributed by atoms with Crippen molar-refractivity contribution in [2.75, 3.05) is 0 Å². The van der Waals surface area contributed by atoms with E-state index in [-0.39, 0.29) is 5.78 Å². The Kier molecular flexibility index (Phi) is 6.32. The SMILES string of the molecule is O=C(C=CC=CC=CC=Cc1ccccc1)c1ccncc1. The summed E-state index contributed by atoms with van der Waals surface area (Å²) < 4.78 is 0. The van der Waals surface area contributed by atoms with E-state index in [2.05, 4.69) is 4.98 Å². The lowest BCUT2D eigenvalue weighted by atomic mass is 10.1. The number of nitrogens with zero attached hydrogens (tertiary/aromatic N) is 1. The van der Waals surface area contributed by atoms with Gasteiger partial charge in [-0.05, 0) is 23.8 Å². The van der Waals surface area contributed by atoms with Gasteiger partial charge in [0.05, 0.1) is 0 Å². The van der Waals surface area contributed by atoms with E-state index in [9.17, 15) is 4.79 Å². The van der Waals surface area contributed by atoms with Crippen LogP contribution in [0.3, 0.4) is 0 Å². The summed E-state index contributed by atoms with van der Waals surface area (Å²) in [6, 6.07) is 13.5. The van der Waals surface area contributed by atoms with Crippen LogP contribution in [0.2, 0.25) is 0 Å². The fourth-order valence-electron chi connectivity index (χ4n) is 1.74. The topological polar surface area (TPSA) is 30.0 Å². The zero-order valence-electron chi connectivity index (χ0n) is 12.2. The molecule has 0 unspecified atom stereocenters. The summed E-state index contributed by atoms with van der Waals surface area (Å²) in [6.07, 6.45) is 18.1. The lowest BCUT2D eigenvalue weighted by molar-refractivity contribution is 0.104. The Morgan fingerprint density at radius 2 is 1.41 bits per heavy atom. The lowest BCUT2D eigenvalue weighted by Gasteiger charge is -1.91. The highest BCUT2D eigenvalue weighted by molar-refractivity contribution is 6.04. The number of pyridine rings is 1. The molecule has 2 rings (SSSR count). The predicted molar refractivity (Wildman–Crippen MR) is 91.5 cm³/mol. The molecule has 0 amide bonds. The molecule has 0 saturated carbocycles. The van der Waals surface area contributed by atoms with Gasteiger partial charge in [0.1, 0.15) is 0 Å². The van der Waals surface area contributed by atoms with Crippen LogP contribution in [0.5, 0.6) is 0 Å². The average Bonchev–Trinajstić information content (AvgIpc) is 2.59. The minimum atomic E-state index is -0.0278. The number of hydrogen-bond donors (Lipinski definition) is 0. The predicted octanol–water partition coefficient (Wildman–Crippen LogP) is 4.65. The van der Waals surface area contributed by atoms with Gasteiger partial charge in [-0.25, -0.2) is 0 Å². The zero-order valence-corrected chi connectivity index (χ0v) is 12.2. The summed E-state index contributed by atoms with van der Waals surface area (Å²) >= 11 is 0. The molecule has 1 aromatic heterocycles. The fourth-order valence-corrected chi connectivity index (χ4v) is 1.74. The molecule has 1 aromatic carbocycles. The van der Waals surface area contributed by atoms with E-state index >= 15 is 0 Å². The maximum Gasteiger partial charge on any atom is 0.185 e. The molecular formula is C20H17NO. The molecule has 2 nitrogen and oxygen atoms in total. The molecular weight excluding hydrogens is 270 g/mol. The van der Waals surface area contributed by atoms with Crippen molar-refractivity contribution >= 4 is 11.9 Å². The van der Waals surface area contributed by atoms with Crippen molar-refractivity contribution < 1.29 is 4.79 Å². The van der Waals surface area contributed by atoms with Gasteiger partial charge in [0, 0.05) is 18.0 Å². The molecule has 0 N–H and O–H groups in total. The normalized spacial score (nSPS) is 12.0. The summed E-state index contributed by atoms with van der Waals surface area (Å²) in [4.78, 5) is 15.6. The number of aromatic nitrogens is 1. The molecule has 2 heteroatoms. The maximum atomic E-state index is 11.8. The van der Waals surface area contributed by atoms with Crippen LogP contribution in [0, 0.1) is 0 Å². The van der Waals surface area contributed by atoms with Crippen molar-refractivity contribution in [3.63, 3.8) is 0 Å². The molecule has 0 fully saturated rings. The number of carbonyl (C=O) groups is 1. The van der Waals surface area contributed by atoms with Crippen molar-refractivity contribution in [2.45, 2.75) is 0 Å². The molecule has 2 aromatic rings. The summed E-state index contributed by atoms with van der Waals surface area (Å²) in [5.74, 6) is -0.0278. The summed E-state index contributed by atoms with van der Waals surface area (Å²) in [5.41, 5.74) is 1.81. The van der Waals surface area contributed by atoms with Crippen LogP contribution in [0.1, 0.15) is 15.9 Å². The Bertz CT molecular complexity index is 695. The smallest absolute Gasteiger partial charge is 0.185 e. The minimum Gasteiger partial charge on any atom is -0.289 e. The van der Waals surface area contributed by atoms with Crippen molar-refractivity contribution in [3.05, 3.63) is 109 Å². The van der Waals surface area contributed by atoms with Crippen LogP contribution in [0.15, 0.2) is 97.4 Å². The molecule has 0 radical (unpaired) electrons. The van der Waals surface area contributed by atoms with E-state index in [1.807, 2.05) is 66.8 Å². The third-order valence-electron chi connectivity index (χ3n) is 2.86. The van der Waals surface area contributed by atoms with Gasteiger partial charge in [-0.1, -0.05) is 72.9 Å². The largest absolute Gasteiger partial charge is 0.289 e. The van der Waals surface area contributed by atoms with E-state index < -0.39 is 0 Å². The first-order chi connectivity index (χ1) is 10.9. The van der Waals surface area contributed by atoms with Crippen LogP contribution in [-0.2, 0) is 0 Å². The Morgan fingerprint density at radius 3 is 2.14 bits per heavy atom. The first-order valence-electron chi connectivity index (χ1n) is 7.04. The second-order valence-corrected chi connectivity index (χ2v) is 4.50. The standard InChI is InChI=1S/C20H17NO/c22-20(19-14-16-21-17-15-19)13-9-4-2-1-3-6-10-18-11-7-5-8-12-18/h1-17H. The monoisotopic (exact) mass is 287 g/mol.